The summed E-state index contributed by atoms with van der Waals surface area (Å²) in [5.41, 5.74) is 0.131. The Bertz CT molecular complexity index is 315. The minimum absolute atomic E-state index is 0.131. The van der Waals surface area contributed by atoms with E-state index in [9.17, 15) is 4.79 Å². The average Bonchev–Trinajstić information content (AvgIpc) is 2.54. The van der Waals surface area contributed by atoms with E-state index in [1.807, 2.05) is 12.2 Å². The Morgan fingerprint density at radius 2 is 1.93 bits per heavy atom. The van der Waals surface area contributed by atoms with Crippen LogP contribution in [0.4, 0.5) is 0 Å². The molecule has 0 aromatic rings. The molecular formula is C11H14Cl2O2. The molecule has 84 valence electrons. The molecule has 0 bridgehead atoms. The number of rotatable bonds is 3. The zero-order valence-corrected chi connectivity index (χ0v) is 10.5. The van der Waals surface area contributed by atoms with E-state index in [0.29, 0.717) is 11.8 Å². The topological polar surface area (TPSA) is 26.3 Å². The molecule has 0 radical (unpaired) electrons. The normalized spacial score (nSPS) is 27.5. The standard InChI is InChI=1S/C11H14Cl2O2/c1-7(14)15-5-4-8-9(6-10(12)13)11(8,2)3/h4-6,8-9H,1-3H3/t8-,9+/m0/s1. The number of hydrogen-bond donors (Lipinski definition) is 0. The summed E-state index contributed by atoms with van der Waals surface area (Å²) in [4.78, 5) is 10.5. The van der Waals surface area contributed by atoms with Crippen molar-refractivity contribution in [3.8, 4) is 0 Å². The lowest BCUT2D eigenvalue weighted by atomic mass is 10.1. The molecule has 0 aromatic heterocycles. The lowest BCUT2D eigenvalue weighted by molar-refractivity contribution is -0.135. The fourth-order valence-corrected chi connectivity index (χ4v) is 2.03. The molecule has 2 nitrogen and oxygen atoms in total. The average molecular weight is 249 g/mol. The summed E-state index contributed by atoms with van der Waals surface area (Å²) in [6, 6.07) is 0. The number of carbonyl (C=O) groups excluding carboxylic acids is 1. The summed E-state index contributed by atoms with van der Waals surface area (Å²) >= 11 is 11.2. The van der Waals surface area contributed by atoms with Crippen molar-refractivity contribution < 1.29 is 9.53 Å². The van der Waals surface area contributed by atoms with Crippen LogP contribution in [0.2, 0.25) is 0 Å². The van der Waals surface area contributed by atoms with E-state index in [1.54, 1.807) is 0 Å². The first-order valence-electron chi connectivity index (χ1n) is 4.72. The van der Waals surface area contributed by atoms with E-state index in [2.05, 4.69) is 13.8 Å². The fraction of sp³-hybridized carbons (Fsp3) is 0.545. The lowest BCUT2D eigenvalue weighted by Gasteiger charge is -1.96. The zero-order chi connectivity index (χ0) is 11.6. The first kappa shape index (κ1) is 12.6. The van der Waals surface area contributed by atoms with Gasteiger partial charge < -0.3 is 4.74 Å². The Balaban J connectivity index is 2.55. The van der Waals surface area contributed by atoms with E-state index in [0.717, 1.165) is 0 Å². The third-order valence-electron chi connectivity index (χ3n) is 2.82. The van der Waals surface area contributed by atoms with Crippen LogP contribution >= 0.6 is 23.2 Å². The predicted molar refractivity (Wildman–Crippen MR) is 61.5 cm³/mol. The molecule has 4 heteroatoms. The van der Waals surface area contributed by atoms with Gasteiger partial charge in [0.2, 0.25) is 0 Å². The van der Waals surface area contributed by atoms with Crippen LogP contribution in [0.1, 0.15) is 20.8 Å². The van der Waals surface area contributed by atoms with Crippen molar-refractivity contribution in [2.24, 2.45) is 17.3 Å². The third-order valence-corrected chi connectivity index (χ3v) is 3.07. The van der Waals surface area contributed by atoms with Crippen LogP contribution in [0, 0.1) is 17.3 Å². The molecule has 0 aliphatic heterocycles. The first-order valence-corrected chi connectivity index (χ1v) is 5.48. The number of esters is 1. The first-order chi connectivity index (χ1) is 6.85. The van der Waals surface area contributed by atoms with Gasteiger partial charge in [-0.2, -0.15) is 0 Å². The second-order valence-electron chi connectivity index (χ2n) is 4.27. The maximum atomic E-state index is 10.5. The van der Waals surface area contributed by atoms with Crippen LogP contribution in [0.5, 0.6) is 0 Å². The zero-order valence-electron chi connectivity index (χ0n) is 8.96. The largest absolute Gasteiger partial charge is 0.435 e. The molecule has 1 aliphatic rings. The highest BCUT2D eigenvalue weighted by atomic mass is 35.5. The molecule has 0 amide bonds. The number of allylic oxidation sites excluding steroid dienone is 2. The van der Waals surface area contributed by atoms with Crippen molar-refractivity contribution in [1.82, 2.24) is 0 Å². The monoisotopic (exact) mass is 248 g/mol. The summed E-state index contributed by atoms with van der Waals surface area (Å²) in [6.07, 6.45) is 5.13. The molecule has 1 saturated carbocycles. The van der Waals surface area contributed by atoms with Crippen LogP contribution < -0.4 is 0 Å². The summed E-state index contributed by atoms with van der Waals surface area (Å²) in [5.74, 6) is 0.325. The number of ether oxygens (including phenoxy) is 1. The Hall–Kier alpha value is -0.470. The maximum Gasteiger partial charge on any atom is 0.307 e. The minimum Gasteiger partial charge on any atom is -0.435 e. The van der Waals surface area contributed by atoms with Crippen molar-refractivity contribution in [3.63, 3.8) is 0 Å². The van der Waals surface area contributed by atoms with Crippen LogP contribution in [-0.4, -0.2) is 5.97 Å². The summed E-state index contributed by atoms with van der Waals surface area (Å²) < 4.78 is 5.02. The van der Waals surface area contributed by atoms with E-state index in [1.165, 1.54) is 13.2 Å². The lowest BCUT2D eigenvalue weighted by Crippen LogP contribution is -1.91. The molecule has 2 atom stereocenters. The van der Waals surface area contributed by atoms with E-state index in [-0.39, 0.29) is 15.9 Å². The third kappa shape index (κ3) is 3.25. The van der Waals surface area contributed by atoms with Crippen molar-refractivity contribution in [1.29, 1.82) is 0 Å². The molecule has 0 saturated heterocycles. The van der Waals surface area contributed by atoms with Gasteiger partial charge in [-0.25, -0.2) is 0 Å². The van der Waals surface area contributed by atoms with Gasteiger partial charge in [-0.05, 0) is 29.4 Å². The van der Waals surface area contributed by atoms with Gasteiger partial charge in [0.15, 0.2) is 0 Å². The van der Waals surface area contributed by atoms with Gasteiger partial charge in [0.25, 0.3) is 0 Å². The maximum absolute atomic E-state index is 10.5. The molecule has 1 aliphatic carbocycles. The summed E-state index contributed by atoms with van der Waals surface area (Å²) in [6.45, 7) is 5.61. The van der Waals surface area contributed by atoms with Crippen LogP contribution in [0.25, 0.3) is 0 Å². The summed E-state index contributed by atoms with van der Waals surface area (Å²) in [5, 5.41) is 0. The van der Waals surface area contributed by atoms with Gasteiger partial charge in [-0.15, -0.1) is 0 Å². The van der Waals surface area contributed by atoms with Crippen molar-refractivity contribution in [2.75, 3.05) is 0 Å². The summed E-state index contributed by atoms with van der Waals surface area (Å²) in [7, 11) is 0. The molecular weight excluding hydrogens is 235 g/mol. The second-order valence-corrected chi connectivity index (χ2v) is 5.28. The second kappa shape index (κ2) is 4.58. The van der Waals surface area contributed by atoms with Crippen LogP contribution in [0.3, 0.4) is 0 Å². The smallest absolute Gasteiger partial charge is 0.307 e. The van der Waals surface area contributed by atoms with Crippen LogP contribution in [-0.2, 0) is 9.53 Å². The van der Waals surface area contributed by atoms with Gasteiger partial charge in [0.05, 0.1) is 6.26 Å². The van der Waals surface area contributed by atoms with E-state index < -0.39 is 0 Å². The Morgan fingerprint density at radius 3 is 2.40 bits per heavy atom. The van der Waals surface area contributed by atoms with Gasteiger partial charge >= 0.3 is 5.97 Å². The van der Waals surface area contributed by atoms with Gasteiger partial charge in [0, 0.05) is 6.92 Å². The van der Waals surface area contributed by atoms with Crippen LogP contribution in [0.15, 0.2) is 22.9 Å². The van der Waals surface area contributed by atoms with Gasteiger partial charge in [0.1, 0.15) is 4.49 Å². The highest BCUT2D eigenvalue weighted by molar-refractivity contribution is 6.55. The Kier molecular flexibility index (Phi) is 3.85. The van der Waals surface area contributed by atoms with Gasteiger partial charge in [-0.1, -0.05) is 37.0 Å². The Morgan fingerprint density at radius 1 is 1.33 bits per heavy atom. The highest BCUT2D eigenvalue weighted by Crippen LogP contribution is 2.60. The minimum atomic E-state index is -0.313. The number of halogens is 2. The number of carbonyl (C=O) groups is 1. The predicted octanol–water partition coefficient (Wildman–Crippen LogP) is 3.65. The Labute approximate surface area is 99.9 Å². The molecule has 1 fully saturated rings. The quantitative estimate of drug-likeness (QED) is 0.563. The molecule has 0 heterocycles. The van der Waals surface area contributed by atoms with E-state index >= 15 is 0 Å². The van der Waals surface area contributed by atoms with Gasteiger partial charge in [-0.3, -0.25) is 4.79 Å². The molecule has 0 unspecified atom stereocenters. The fourth-order valence-electron chi connectivity index (χ4n) is 1.76. The molecule has 1 rings (SSSR count). The van der Waals surface area contributed by atoms with Crippen molar-refractivity contribution >= 4 is 29.2 Å². The molecule has 0 N–H and O–H groups in total. The van der Waals surface area contributed by atoms with E-state index in [4.69, 9.17) is 27.9 Å². The molecule has 0 aromatic carbocycles. The molecule has 15 heavy (non-hydrogen) atoms. The SMILES string of the molecule is CC(=O)OC=C[C@H]1[C@@H](C=C(Cl)Cl)C1(C)C. The van der Waals surface area contributed by atoms with Crippen molar-refractivity contribution in [2.45, 2.75) is 20.8 Å². The highest BCUT2D eigenvalue weighted by Gasteiger charge is 2.54. The number of hydrogen-bond acceptors (Lipinski definition) is 2. The van der Waals surface area contributed by atoms with Crippen molar-refractivity contribution in [3.05, 3.63) is 22.9 Å². The molecule has 0 spiro atoms.